The van der Waals surface area contributed by atoms with Crippen molar-refractivity contribution >= 4 is 6.09 Å². The number of aliphatic hydroxyl groups is 1. The third-order valence-electron chi connectivity index (χ3n) is 2.22. The van der Waals surface area contributed by atoms with E-state index in [0.717, 1.165) is 0 Å². The molecule has 0 aromatic carbocycles. The van der Waals surface area contributed by atoms with Crippen molar-refractivity contribution in [1.29, 1.82) is 0 Å². The van der Waals surface area contributed by atoms with E-state index in [1.165, 1.54) is 4.90 Å². The fourth-order valence-electron chi connectivity index (χ4n) is 1.19. The highest BCUT2D eigenvalue weighted by atomic mass is 16.6. The Kier molecular flexibility index (Phi) is 2.61. The number of carbonyl (C=O) groups is 1. The lowest BCUT2D eigenvalue weighted by molar-refractivity contribution is 0.0838. The number of hydrogen-bond donors (Lipinski definition) is 1. The van der Waals surface area contributed by atoms with Crippen molar-refractivity contribution in [2.24, 2.45) is 0 Å². The summed E-state index contributed by atoms with van der Waals surface area (Å²) in [5.41, 5.74) is -0.561. The van der Waals surface area contributed by atoms with Gasteiger partial charge in [0, 0.05) is 0 Å². The van der Waals surface area contributed by atoms with Crippen LogP contribution in [0.3, 0.4) is 0 Å². The van der Waals surface area contributed by atoms with Crippen molar-refractivity contribution in [1.82, 2.24) is 4.90 Å². The fraction of sp³-hybridized carbons (Fsp3) is 0.667. The Bertz CT molecular complexity index is 225. The molecule has 0 spiro atoms. The van der Waals surface area contributed by atoms with Crippen LogP contribution in [0.5, 0.6) is 0 Å². The van der Waals surface area contributed by atoms with Crippen LogP contribution >= 0.6 is 0 Å². The Morgan fingerprint density at radius 1 is 1.85 bits per heavy atom. The number of ether oxygens (including phenoxy) is 1. The predicted octanol–water partition coefficient (Wildman–Crippen LogP) is 0.764. The van der Waals surface area contributed by atoms with Gasteiger partial charge in [0.25, 0.3) is 0 Å². The largest absolute Gasteiger partial charge is 0.440 e. The molecule has 0 saturated carbocycles. The van der Waals surface area contributed by atoms with Crippen LogP contribution in [0.1, 0.15) is 13.8 Å². The molecule has 1 aliphatic heterocycles. The second kappa shape index (κ2) is 3.38. The zero-order chi connectivity index (χ0) is 10.1. The quantitative estimate of drug-likeness (QED) is 0.660. The minimum absolute atomic E-state index is 0.0774. The Labute approximate surface area is 77.8 Å². The van der Waals surface area contributed by atoms with Crippen LogP contribution < -0.4 is 0 Å². The number of cyclic esters (lactones) is 1. The van der Waals surface area contributed by atoms with E-state index in [1.54, 1.807) is 19.9 Å². The minimum Gasteiger partial charge on any atom is -0.440 e. The molecule has 1 N–H and O–H groups in total. The first-order valence-corrected chi connectivity index (χ1v) is 4.23. The third-order valence-corrected chi connectivity index (χ3v) is 2.22. The molecule has 1 saturated heterocycles. The van der Waals surface area contributed by atoms with Crippen LogP contribution in [-0.2, 0) is 4.74 Å². The Balaban J connectivity index is 2.72. The average molecular weight is 185 g/mol. The van der Waals surface area contributed by atoms with Gasteiger partial charge in [0.2, 0.25) is 0 Å². The van der Waals surface area contributed by atoms with E-state index < -0.39 is 5.54 Å². The predicted molar refractivity (Wildman–Crippen MR) is 48.3 cm³/mol. The standard InChI is InChI=1S/C9H15NO3/c1-4-7-5-10(8(12)13-7)9(2,3)6-11/h4,7,11H,1,5-6H2,2-3H3. The van der Waals surface area contributed by atoms with Gasteiger partial charge >= 0.3 is 6.09 Å². The van der Waals surface area contributed by atoms with E-state index in [1.807, 2.05) is 0 Å². The second-order valence-corrected chi connectivity index (χ2v) is 3.74. The lowest BCUT2D eigenvalue weighted by Gasteiger charge is -2.31. The molecular weight excluding hydrogens is 170 g/mol. The summed E-state index contributed by atoms with van der Waals surface area (Å²) in [5, 5.41) is 9.06. The zero-order valence-corrected chi connectivity index (χ0v) is 7.99. The van der Waals surface area contributed by atoms with Gasteiger partial charge in [-0.15, -0.1) is 0 Å². The number of nitrogens with zero attached hydrogens (tertiary/aromatic N) is 1. The van der Waals surface area contributed by atoms with Crippen LogP contribution in [-0.4, -0.2) is 40.9 Å². The fourth-order valence-corrected chi connectivity index (χ4v) is 1.19. The smallest absolute Gasteiger partial charge is 0.411 e. The van der Waals surface area contributed by atoms with Gasteiger partial charge in [-0.2, -0.15) is 0 Å². The van der Waals surface area contributed by atoms with Crippen molar-refractivity contribution in [2.45, 2.75) is 25.5 Å². The average Bonchev–Trinajstić information content (AvgIpc) is 2.47. The lowest BCUT2D eigenvalue weighted by Crippen LogP contribution is -2.47. The summed E-state index contributed by atoms with van der Waals surface area (Å²) in [6.07, 6.45) is 0.952. The molecule has 1 atom stereocenters. The number of amides is 1. The van der Waals surface area contributed by atoms with Crippen LogP contribution in [0.25, 0.3) is 0 Å². The summed E-state index contributed by atoms with van der Waals surface area (Å²) in [6.45, 7) is 7.53. The van der Waals surface area contributed by atoms with Crippen LogP contribution in [0.15, 0.2) is 12.7 Å². The maximum atomic E-state index is 11.3. The first-order valence-electron chi connectivity index (χ1n) is 4.23. The Hall–Kier alpha value is -1.03. The highest BCUT2D eigenvalue weighted by Crippen LogP contribution is 2.22. The molecule has 4 heteroatoms. The molecule has 0 radical (unpaired) electrons. The van der Waals surface area contributed by atoms with Gasteiger partial charge < -0.3 is 9.84 Å². The van der Waals surface area contributed by atoms with Gasteiger partial charge in [-0.05, 0) is 19.9 Å². The SMILES string of the molecule is C=CC1CN(C(C)(C)CO)C(=O)O1. The summed E-state index contributed by atoms with van der Waals surface area (Å²) >= 11 is 0. The van der Waals surface area contributed by atoms with E-state index >= 15 is 0 Å². The first-order chi connectivity index (χ1) is 6.01. The molecule has 1 heterocycles. The number of rotatable bonds is 3. The summed E-state index contributed by atoms with van der Waals surface area (Å²) in [6, 6.07) is 0. The van der Waals surface area contributed by atoms with Gasteiger partial charge in [0.15, 0.2) is 0 Å². The number of hydrogen-bond acceptors (Lipinski definition) is 3. The molecule has 1 rings (SSSR count). The minimum atomic E-state index is -0.561. The van der Waals surface area contributed by atoms with Gasteiger partial charge in [-0.1, -0.05) is 6.58 Å². The lowest BCUT2D eigenvalue weighted by atomic mass is 10.1. The molecule has 0 bridgehead atoms. The Morgan fingerprint density at radius 3 is 2.85 bits per heavy atom. The highest BCUT2D eigenvalue weighted by Gasteiger charge is 2.38. The molecule has 4 nitrogen and oxygen atoms in total. The molecule has 0 aromatic rings. The molecule has 1 fully saturated rings. The van der Waals surface area contributed by atoms with Crippen molar-refractivity contribution in [2.75, 3.05) is 13.2 Å². The normalized spacial score (nSPS) is 23.2. The Morgan fingerprint density at radius 2 is 2.46 bits per heavy atom. The van der Waals surface area contributed by atoms with Gasteiger partial charge in [0.1, 0.15) is 6.10 Å². The molecule has 1 unspecified atom stereocenters. The summed E-state index contributed by atoms with van der Waals surface area (Å²) in [4.78, 5) is 12.8. The summed E-state index contributed by atoms with van der Waals surface area (Å²) in [7, 11) is 0. The van der Waals surface area contributed by atoms with Crippen LogP contribution in [0.2, 0.25) is 0 Å². The van der Waals surface area contributed by atoms with Crippen molar-refractivity contribution in [3.05, 3.63) is 12.7 Å². The van der Waals surface area contributed by atoms with Gasteiger partial charge in [0.05, 0.1) is 18.7 Å². The summed E-state index contributed by atoms with van der Waals surface area (Å²) in [5.74, 6) is 0. The molecule has 0 aromatic heterocycles. The monoisotopic (exact) mass is 185 g/mol. The van der Waals surface area contributed by atoms with Crippen molar-refractivity contribution < 1.29 is 14.6 Å². The van der Waals surface area contributed by atoms with Crippen LogP contribution in [0.4, 0.5) is 4.79 Å². The van der Waals surface area contributed by atoms with E-state index in [-0.39, 0.29) is 18.8 Å². The summed E-state index contributed by atoms with van der Waals surface area (Å²) < 4.78 is 4.97. The highest BCUT2D eigenvalue weighted by molar-refractivity contribution is 5.71. The third kappa shape index (κ3) is 1.83. The van der Waals surface area contributed by atoms with Crippen LogP contribution in [0, 0.1) is 0 Å². The van der Waals surface area contributed by atoms with E-state index in [2.05, 4.69) is 6.58 Å². The second-order valence-electron chi connectivity index (χ2n) is 3.74. The molecule has 1 aliphatic rings. The molecule has 74 valence electrons. The van der Waals surface area contributed by atoms with E-state index in [0.29, 0.717) is 6.54 Å². The maximum Gasteiger partial charge on any atom is 0.411 e. The van der Waals surface area contributed by atoms with Crippen molar-refractivity contribution in [3.63, 3.8) is 0 Å². The number of carbonyl (C=O) groups excluding carboxylic acids is 1. The maximum absolute atomic E-state index is 11.3. The molecule has 1 amide bonds. The van der Waals surface area contributed by atoms with E-state index in [9.17, 15) is 4.79 Å². The number of aliphatic hydroxyl groups excluding tert-OH is 1. The topological polar surface area (TPSA) is 49.8 Å². The molecule has 13 heavy (non-hydrogen) atoms. The van der Waals surface area contributed by atoms with Crippen molar-refractivity contribution in [3.8, 4) is 0 Å². The molecule has 0 aliphatic carbocycles. The van der Waals surface area contributed by atoms with E-state index in [4.69, 9.17) is 9.84 Å². The first kappa shape index (κ1) is 10.1. The van der Waals surface area contributed by atoms with Gasteiger partial charge in [-0.3, -0.25) is 4.90 Å². The molecular formula is C9H15NO3. The zero-order valence-electron chi connectivity index (χ0n) is 7.99. The van der Waals surface area contributed by atoms with Gasteiger partial charge in [-0.25, -0.2) is 4.79 Å².